The van der Waals surface area contributed by atoms with Gasteiger partial charge < -0.3 is 10.4 Å². The monoisotopic (exact) mass is 271 g/mol. The van der Waals surface area contributed by atoms with Gasteiger partial charge in [-0.25, -0.2) is 0 Å². The van der Waals surface area contributed by atoms with Crippen LogP contribution in [-0.4, -0.2) is 27.2 Å². The van der Waals surface area contributed by atoms with Crippen LogP contribution >= 0.6 is 0 Å². The molecule has 102 valence electrons. The Hall–Kier alpha value is -2.63. The summed E-state index contributed by atoms with van der Waals surface area (Å²) in [6.07, 6.45) is 2.84. The van der Waals surface area contributed by atoms with Gasteiger partial charge in [0.25, 0.3) is 5.91 Å². The Labute approximate surface area is 114 Å². The summed E-state index contributed by atoms with van der Waals surface area (Å²) in [7, 11) is 0. The van der Waals surface area contributed by atoms with E-state index in [0.717, 1.165) is 5.56 Å². The molecule has 6 nitrogen and oxygen atoms in total. The number of benzene rings is 1. The number of H-pyrrole nitrogens is 1. The van der Waals surface area contributed by atoms with Gasteiger partial charge in [-0.05, 0) is 36.6 Å². The van der Waals surface area contributed by atoms with Gasteiger partial charge in [-0.2, -0.15) is 5.10 Å². The second kappa shape index (κ2) is 4.48. The van der Waals surface area contributed by atoms with E-state index in [-0.39, 0.29) is 5.91 Å². The van der Waals surface area contributed by atoms with E-state index in [2.05, 4.69) is 15.5 Å². The standard InChI is InChI=1S/C14H13N3O3/c18-12(11-5-8-15-17-11)16-10-3-1-9(2-4-10)14(6-7-14)13(19)20/h1-5,8H,6-7H2,(H,15,17)(H,16,18)(H,19,20). The van der Waals surface area contributed by atoms with Crippen molar-refractivity contribution >= 4 is 17.6 Å². The van der Waals surface area contributed by atoms with Gasteiger partial charge in [0.1, 0.15) is 5.69 Å². The number of nitrogens with zero attached hydrogens (tertiary/aromatic N) is 1. The molecule has 6 heteroatoms. The van der Waals surface area contributed by atoms with Crippen LogP contribution in [0.2, 0.25) is 0 Å². The third-order valence-electron chi connectivity index (χ3n) is 3.60. The molecule has 1 aliphatic rings. The first kappa shape index (κ1) is 12.4. The van der Waals surface area contributed by atoms with Gasteiger partial charge in [0, 0.05) is 11.9 Å². The summed E-state index contributed by atoms with van der Waals surface area (Å²) < 4.78 is 0. The molecule has 0 spiro atoms. The van der Waals surface area contributed by atoms with E-state index < -0.39 is 11.4 Å². The summed E-state index contributed by atoms with van der Waals surface area (Å²) >= 11 is 0. The van der Waals surface area contributed by atoms with Gasteiger partial charge in [0.15, 0.2) is 0 Å². The van der Waals surface area contributed by atoms with Gasteiger partial charge in [0.05, 0.1) is 5.41 Å². The molecule has 0 radical (unpaired) electrons. The topological polar surface area (TPSA) is 95.1 Å². The third-order valence-corrected chi connectivity index (χ3v) is 3.60. The lowest BCUT2D eigenvalue weighted by atomic mass is 9.96. The molecule has 0 atom stereocenters. The van der Waals surface area contributed by atoms with Crippen molar-refractivity contribution in [2.45, 2.75) is 18.3 Å². The van der Waals surface area contributed by atoms with Crippen molar-refractivity contribution in [3.05, 3.63) is 47.8 Å². The van der Waals surface area contributed by atoms with Crippen LogP contribution in [0, 0.1) is 0 Å². The van der Waals surface area contributed by atoms with Crippen molar-refractivity contribution in [3.63, 3.8) is 0 Å². The first-order valence-electron chi connectivity index (χ1n) is 6.26. The van der Waals surface area contributed by atoms with Gasteiger partial charge in [-0.1, -0.05) is 12.1 Å². The molecule has 1 fully saturated rings. The van der Waals surface area contributed by atoms with Crippen molar-refractivity contribution < 1.29 is 14.7 Å². The van der Waals surface area contributed by atoms with E-state index in [4.69, 9.17) is 0 Å². The van der Waals surface area contributed by atoms with E-state index in [1.807, 2.05) is 0 Å². The highest BCUT2D eigenvalue weighted by atomic mass is 16.4. The maximum absolute atomic E-state index is 11.8. The van der Waals surface area contributed by atoms with Crippen molar-refractivity contribution in [2.75, 3.05) is 5.32 Å². The first-order valence-corrected chi connectivity index (χ1v) is 6.26. The highest BCUT2D eigenvalue weighted by Crippen LogP contribution is 2.48. The number of carbonyl (C=O) groups is 2. The molecule has 3 rings (SSSR count). The molecule has 0 unspecified atom stereocenters. The van der Waals surface area contributed by atoms with Gasteiger partial charge in [-0.3, -0.25) is 14.7 Å². The average Bonchev–Trinajstić information content (AvgIpc) is 3.07. The molecule has 1 aliphatic carbocycles. The number of aromatic amines is 1. The number of aromatic nitrogens is 2. The lowest BCUT2D eigenvalue weighted by molar-refractivity contribution is -0.140. The number of hydrogen-bond donors (Lipinski definition) is 3. The maximum atomic E-state index is 11.8. The van der Waals surface area contributed by atoms with Crippen molar-refractivity contribution in [3.8, 4) is 0 Å². The number of carbonyl (C=O) groups excluding carboxylic acids is 1. The largest absolute Gasteiger partial charge is 0.481 e. The van der Waals surface area contributed by atoms with Crippen molar-refractivity contribution in [1.82, 2.24) is 10.2 Å². The van der Waals surface area contributed by atoms with Gasteiger partial charge >= 0.3 is 5.97 Å². The first-order chi connectivity index (χ1) is 9.62. The quantitative estimate of drug-likeness (QED) is 0.789. The minimum absolute atomic E-state index is 0.283. The predicted molar refractivity (Wildman–Crippen MR) is 71.5 cm³/mol. The van der Waals surface area contributed by atoms with E-state index in [1.165, 1.54) is 6.20 Å². The zero-order valence-corrected chi connectivity index (χ0v) is 10.6. The molecule has 1 aromatic heterocycles. The van der Waals surface area contributed by atoms with Gasteiger partial charge in [-0.15, -0.1) is 0 Å². The number of carboxylic acids is 1. The minimum Gasteiger partial charge on any atom is -0.481 e. The highest BCUT2D eigenvalue weighted by Gasteiger charge is 2.51. The zero-order chi connectivity index (χ0) is 14.2. The fourth-order valence-corrected chi connectivity index (χ4v) is 2.20. The maximum Gasteiger partial charge on any atom is 0.314 e. The zero-order valence-electron chi connectivity index (χ0n) is 10.6. The average molecular weight is 271 g/mol. The number of aliphatic carboxylic acids is 1. The Morgan fingerprint density at radius 2 is 1.90 bits per heavy atom. The van der Waals surface area contributed by atoms with Gasteiger partial charge in [0.2, 0.25) is 0 Å². The molecule has 1 aromatic carbocycles. The van der Waals surface area contributed by atoms with Crippen LogP contribution in [0.1, 0.15) is 28.9 Å². The normalized spacial score (nSPS) is 15.6. The van der Waals surface area contributed by atoms with E-state index in [9.17, 15) is 14.7 Å². The van der Waals surface area contributed by atoms with E-state index in [1.54, 1.807) is 30.3 Å². The van der Waals surface area contributed by atoms with Crippen molar-refractivity contribution in [1.29, 1.82) is 0 Å². The fraction of sp³-hybridized carbons (Fsp3) is 0.214. The molecule has 0 saturated heterocycles. The second-order valence-corrected chi connectivity index (χ2v) is 4.89. The number of anilines is 1. The van der Waals surface area contributed by atoms with Crippen LogP contribution in [0.4, 0.5) is 5.69 Å². The fourth-order valence-electron chi connectivity index (χ4n) is 2.20. The van der Waals surface area contributed by atoms with E-state index in [0.29, 0.717) is 24.2 Å². The molecule has 0 aliphatic heterocycles. The predicted octanol–water partition coefficient (Wildman–Crippen LogP) is 1.78. The second-order valence-electron chi connectivity index (χ2n) is 4.89. The van der Waals surface area contributed by atoms with Crippen LogP contribution in [0.5, 0.6) is 0 Å². The van der Waals surface area contributed by atoms with E-state index >= 15 is 0 Å². The van der Waals surface area contributed by atoms with Crippen LogP contribution in [0.3, 0.4) is 0 Å². The number of rotatable bonds is 4. The summed E-state index contributed by atoms with van der Waals surface area (Å²) in [5, 5.41) is 18.2. The molecule has 1 amide bonds. The molecular weight excluding hydrogens is 258 g/mol. The van der Waals surface area contributed by atoms with Crippen LogP contribution in [0.15, 0.2) is 36.5 Å². The minimum atomic E-state index is -0.785. The number of hydrogen-bond acceptors (Lipinski definition) is 3. The molecule has 1 saturated carbocycles. The lowest BCUT2D eigenvalue weighted by Gasteiger charge is -2.11. The summed E-state index contributed by atoms with van der Waals surface area (Å²) in [6, 6.07) is 8.51. The Morgan fingerprint density at radius 1 is 1.20 bits per heavy atom. The third kappa shape index (κ3) is 2.05. The molecule has 0 bridgehead atoms. The highest BCUT2D eigenvalue weighted by molar-refractivity contribution is 6.02. The SMILES string of the molecule is O=C(Nc1ccc(C2(C(=O)O)CC2)cc1)c1ccn[nH]1. The molecular formula is C14H13N3O3. The lowest BCUT2D eigenvalue weighted by Crippen LogP contribution is -2.19. The molecule has 3 N–H and O–H groups in total. The summed E-state index contributed by atoms with van der Waals surface area (Å²) in [5.74, 6) is -1.07. The molecule has 2 aromatic rings. The molecule has 1 heterocycles. The summed E-state index contributed by atoms with van der Waals surface area (Å²) in [5.41, 5.74) is 1.06. The number of nitrogens with one attached hydrogen (secondary N) is 2. The van der Waals surface area contributed by atoms with Crippen LogP contribution in [0.25, 0.3) is 0 Å². The van der Waals surface area contributed by atoms with Crippen molar-refractivity contribution in [2.24, 2.45) is 0 Å². The smallest absolute Gasteiger partial charge is 0.314 e. The number of carboxylic acid groups (broad SMARTS) is 1. The Bertz CT molecular complexity index is 643. The van der Waals surface area contributed by atoms with Crippen LogP contribution < -0.4 is 5.32 Å². The number of amides is 1. The summed E-state index contributed by atoms with van der Waals surface area (Å²) in [4.78, 5) is 23.0. The molecule has 20 heavy (non-hydrogen) atoms. The summed E-state index contributed by atoms with van der Waals surface area (Å²) in [6.45, 7) is 0. The Morgan fingerprint density at radius 3 is 2.40 bits per heavy atom. The Kier molecular flexibility index (Phi) is 2.78. The Balaban J connectivity index is 1.74. The van der Waals surface area contributed by atoms with Crippen LogP contribution in [-0.2, 0) is 10.2 Å².